The fourth-order valence-electron chi connectivity index (χ4n) is 2.49. The summed E-state index contributed by atoms with van der Waals surface area (Å²) in [7, 11) is 0. The maximum atomic E-state index is 12.4. The number of carboxylic acids is 1. The summed E-state index contributed by atoms with van der Waals surface area (Å²) in [6.45, 7) is 8.40. The van der Waals surface area contributed by atoms with Crippen LogP contribution >= 0.6 is 0 Å². The molecule has 1 rings (SSSR count). The lowest BCUT2D eigenvalue weighted by Crippen LogP contribution is -2.54. The SMILES string of the molecule is C[C@@H](NC(=O)OC(C)(C)C)C(=O)N[C@H](C)C(=O)N1CCC[C@H]1C(=O)O. The van der Waals surface area contributed by atoms with Gasteiger partial charge in [0.05, 0.1) is 0 Å². The number of ether oxygens (including phenoxy) is 1. The van der Waals surface area contributed by atoms with Crippen molar-refractivity contribution in [3.8, 4) is 0 Å². The van der Waals surface area contributed by atoms with Crippen LogP contribution in [0.25, 0.3) is 0 Å². The minimum atomic E-state index is -1.05. The lowest BCUT2D eigenvalue weighted by Gasteiger charge is -2.26. The second kappa shape index (κ2) is 8.17. The first-order valence-electron chi connectivity index (χ1n) is 8.25. The molecule has 3 N–H and O–H groups in total. The highest BCUT2D eigenvalue weighted by atomic mass is 16.6. The summed E-state index contributed by atoms with van der Waals surface area (Å²) in [6, 6.07) is -2.65. The molecular weight excluding hydrogens is 330 g/mol. The molecule has 0 radical (unpaired) electrons. The largest absolute Gasteiger partial charge is 0.480 e. The van der Waals surface area contributed by atoms with E-state index >= 15 is 0 Å². The van der Waals surface area contributed by atoms with Crippen LogP contribution < -0.4 is 10.6 Å². The number of carbonyl (C=O) groups is 4. The van der Waals surface area contributed by atoms with Crippen LogP contribution in [0.5, 0.6) is 0 Å². The maximum Gasteiger partial charge on any atom is 0.408 e. The van der Waals surface area contributed by atoms with E-state index in [0.29, 0.717) is 19.4 Å². The predicted molar refractivity (Wildman–Crippen MR) is 88.8 cm³/mol. The second-order valence-corrected chi connectivity index (χ2v) is 7.13. The van der Waals surface area contributed by atoms with Gasteiger partial charge in [0.15, 0.2) is 0 Å². The molecule has 0 aliphatic carbocycles. The van der Waals surface area contributed by atoms with Crippen molar-refractivity contribution in [2.24, 2.45) is 0 Å². The Bertz CT molecular complexity index is 542. The van der Waals surface area contributed by atoms with Crippen LogP contribution in [0.2, 0.25) is 0 Å². The number of likely N-dealkylation sites (tertiary alicyclic amines) is 1. The van der Waals surface area contributed by atoms with E-state index in [2.05, 4.69) is 10.6 Å². The Balaban J connectivity index is 2.56. The molecule has 0 spiro atoms. The Morgan fingerprint density at radius 1 is 1.12 bits per heavy atom. The van der Waals surface area contributed by atoms with Gasteiger partial charge in [0.1, 0.15) is 23.7 Å². The summed E-state index contributed by atoms with van der Waals surface area (Å²) in [4.78, 5) is 48.6. The van der Waals surface area contributed by atoms with Crippen LogP contribution in [0.1, 0.15) is 47.5 Å². The first-order valence-corrected chi connectivity index (χ1v) is 8.25. The van der Waals surface area contributed by atoms with Crippen molar-refractivity contribution in [3.05, 3.63) is 0 Å². The van der Waals surface area contributed by atoms with Crippen molar-refractivity contribution in [1.82, 2.24) is 15.5 Å². The zero-order valence-corrected chi connectivity index (χ0v) is 15.3. The quantitative estimate of drug-likeness (QED) is 0.657. The molecule has 3 atom stereocenters. The summed E-state index contributed by atoms with van der Waals surface area (Å²) in [5.41, 5.74) is -0.689. The van der Waals surface area contributed by atoms with Gasteiger partial charge in [-0.3, -0.25) is 9.59 Å². The molecule has 25 heavy (non-hydrogen) atoms. The molecule has 142 valence electrons. The van der Waals surface area contributed by atoms with E-state index in [-0.39, 0.29) is 0 Å². The van der Waals surface area contributed by atoms with Gasteiger partial charge in [-0.2, -0.15) is 0 Å². The number of alkyl carbamates (subject to hydrolysis) is 1. The Labute approximate surface area is 147 Å². The number of nitrogens with zero attached hydrogens (tertiary/aromatic N) is 1. The maximum absolute atomic E-state index is 12.4. The standard InChI is InChI=1S/C16H27N3O6/c1-9(18-15(24)25-16(3,4)5)12(20)17-10(2)13(21)19-8-6-7-11(19)14(22)23/h9-11H,6-8H2,1-5H3,(H,17,20)(H,18,24)(H,22,23)/t9-,10-,11+/m1/s1. The molecule has 0 aromatic heterocycles. The molecule has 0 unspecified atom stereocenters. The third kappa shape index (κ3) is 6.24. The van der Waals surface area contributed by atoms with Gasteiger partial charge in [0, 0.05) is 6.54 Å². The highest BCUT2D eigenvalue weighted by Gasteiger charge is 2.36. The fraction of sp³-hybridized carbons (Fsp3) is 0.750. The van der Waals surface area contributed by atoms with Gasteiger partial charge in [-0.25, -0.2) is 9.59 Å². The van der Waals surface area contributed by atoms with Gasteiger partial charge in [0.25, 0.3) is 0 Å². The lowest BCUT2D eigenvalue weighted by atomic mass is 10.2. The van der Waals surface area contributed by atoms with Crippen LogP contribution in [-0.4, -0.2) is 64.2 Å². The van der Waals surface area contributed by atoms with Crippen LogP contribution in [0.4, 0.5) is 4.79 Å². The number of rotatable bonds is 5. The van der Waals surface area contributed by atoms with E-state index < -0.39 is 47.6 Å². The van der Waals surface area contributed by atoms with Crippen molar-refractivity contribution in [2.75, 3.05) is 6.54 Å². The highest BCUT2D eigenvalue weighted by Crippen LogP contribution is 2.18. The Hall–Kier alpha value is -2.32. The number of carbonyl (C=O) groups excluding carboxylic acids is 3. The smallest absolute Gasteiger partial charge is 0.408 e. The number of aliphatic carboxylic acids is 1. The number of hydrogen-bond donors (Lipinski definition) is 3. The molecule has 0 bridgehead atoms. The Morgan fingerprint density at radius 2 is 1.72 bits per heavy atom. The Kier molecular flexibility index (Phi) is 6.78. The minimum Gasteiger partial charge on any atom is -0.480 e. The van der Waals surface area contributed by atoms with E-state index in [9.17, 15) is 19.2 Å². The lowest BCUT2D eigenvalue weighted by molar-refractivity contribution is -0.149. The molecule has 1 aliphatic rings. The molecule has 9 heteroatoms. The van der Waals surface area contributed by atoms with E-state index in [1.807, 2.05) is 0 Å². The van der Waals surface area contributed by atoms with Crippen LogP contribution in [-0.2, 0) is 19.1 Å². The molecular formula is C16H27N3O6. The van der Waals surface area contributed by atoms with Gasteiger partial charge in [-0.05, 0) is 47.5 Å². The normalized spacial score (nSPS) is 19.7. The molecule has 1 aliphatic heterocycles. The number of nitrogens with one attached hydrogen (secondary N) is 2. The van der Waals surface area contributed by atoms with Gasteiger partial charge in [-0.15, -0.1) is 0 Å². The third-order valence-electron chi connectivity index (χ3n) is 3.68. The summed E-state index contributed by atoms with van der Waals surface area (Å²) >= 11 is 0. The summed E-state index contributed by atoms with van der Waals surface area (Å²) < 4.78 is 5.06. The predicted octanol–water partition coefficient (Wildman–Crippen LogP) is 0.480. The molecule has 0 aromatic rings. The van der Waals surface area contributed by atoms with Crippen molar-refractivity contribution in [1.29, 1.82) is 0 Å². The van der Waals surface area contributed by atoms with Gasteiger partial charge >= 0.3 is 12.1 Å². The zero-order valence-electron chi connectivity index (χ0n) is 15.3. The van der Waals surface area contributed by atoms with Gasteiger partial charge < -0.3 is 25.4 Å². The molecule has 1 fully saturated rings. The van der Waals surface area contributed by atoms with E-state index in [1.165, 1.54) is 18.7 Å². The monoisotopic (exact) mass is 357 g/mol. The van der Waals surface area contributed by atoms with Crippen LogP contribution in [0.3, 0.4) is 0 Å². The van der Waals surface area contributed by atoms with Gasteiger partial charge in [0.2, 0.25) is 11.8 Å². The molecule has 3 amide bonds. The van der Waals surface area contributed by atoms with Crippen molar-refractivity contribution >= 4 is 23.9 Å². The van der Waals surface area contributed by atoms with Gasteiger partial charge in [-0.1, -0.05) is 0 Å². The van der Waals surface area contributed by atoms with Crippen molar-refractivity contribution in [2.45, 2.75) is 71.2 Å². The average Bonchev–Trinajstić information content (AvgIpc) is 2.93. The van der Waals surface area contributed by atoms with Crippen molar-refractivity contribution < 1.29 is 29.0 Å². The molecule has 1 heterocycles. The zero-order chi connectivity index (χ0) is 19.4. The topological polar surface area (TPSA) is 125 Å². The van der Waals surface area contributed by atoms with Crippen LogP contribution in [0, 0.1) is 0 Å². The molecule has 0 saturated carbocycles. The fourth-order valence-corrected chi connectivity index (χ4v) is 2.49. The first-order chi connectivity index (χ1) is 11.4. The van der Waals surface area contributed by atoms with E-state index in [1.54, 1.807) is 20.8 Å². The number of hydrogen-bond acceptors (Lipinski definition) is 5. The highest BCUT2D eigenvalue weighted by molar-refractivity contribution is 5.92. The number of carboxylic acid groups (broad SMARTS) is 1. The van der Waals surface area contributed by atoms with E-state index in [0.717, 1.165) is 0 Å². The second-order valence-electron chi connectivity index (χ2n) is 7.13. The molecule has 1 saturated heterocycles. The minimum absolute atomic E-state index is 0.349. The van der Waals surface area contributed by atoms with E-state index in [4.69, 9.17) is 9.84 Å². The average molecular weight is 357 g/mol. The first kappa shape index (κ1) is 20.7. The van der Waals surface area contributed by atoms with Crippen LogP contribution in [0.15, 0.2) is 0 Å². The molecule has 0 aromatic carbocycles. The molecule has 9 nitrogen and oxygen atoms in total. The summed E-state index contributed by atoms with van der Waals surface area (Å²) in [6.07, 6.45) is 0.276. The van der Waals surface area contributed by atoms with Crippen molar-refractivity contribution in [3.63, 3.8) is 0 Å². The summed E-state index contributed by atoms with van der Waals surface area (Å²) in [5.74, 6) is -2.06. The number of amides is 3. The summed E-state index contributed by atoms with van der Waals surface area (Å²) in [5, 5.41) is 14.0. The third-order valence-corrected chi connectivity index (χ3v) is 3.68. The Morgan fingerprint density at radius 3 is 2.24 bits per heavy atom.